The van der Waals surface area contributed by atoms with E-state index in [1.165, 1.54) is 51.5 Å². The molecule has 0 bridgehead atoms. The quantitative estimate of drug-likeness (QED) is 0.676. The molecular weight excluding hydrogens is 234 g/mol. The molecule has 1 saturated carbocycles. The first-order valence-corrected chi connectivity index (χ1v) is 8.38. The highest BCUT2D eigenvalue weighted by Crippen LogP contribution is 2.45. The number of unbranched alkanes of at least 4 members (excludes halogenated alkanes) is 1. The summed E-state index contributed by atoms with van der Waals surface area (Å²) >= 11 is 0. The van der Waals surface area contributed by atoms with Gasteiger partial charge in [0.25, 0.3) is 0 Å². The lowest BCUT2D eigenvalue weighted by atomic mass is 9.63. The Kier molecular flexibility index (Phi) is 8.01. The number of methoxy groups -OCH3 is 1. The average Bonchev–Trinajstić information content (AvgIpc) is 2.44. The zero-order chi connectivity index (χ0) is 14.1. The normalized spacial score (nSPS) is 29.4. The van der Waals surface area contributed by atoms with E-state index in [4.69, 9.17) is 4.74 Å². The van der Waals surface area contributed by atoms with Crippen LogP contribution < -0.4 is 5.32 Å². The van der Waals surface area contributed by atoms with Crippen molar-refractivity contribution in [2.75, 3.05) is 26.8 Å². The van der Waals surface area contributed by atoms with Gasteiger partial charge in [-0.15, -0.1) is 0 Å². The smallest absolute Gasteiger partial charge is 0.0493 e. The Morgan fingerprint density at radius 3 is 2.47 bits per heavy atom. The van der Waals surface area contributed by atoms with E-state index >= 15 is 0 Å². The van der Waals surface area contributed by atoms with Crippen molar-refractivity contribution in [2.24, 2.45) is 17.3 Å². The Morgan fingerprint density at radius 2 is 1.95 bits per heavy atom. The van der Waals surface area contributed by atoms with Crippen LogP contribution in [0.4, 0.5) is 0 Å². The molecule has 1 fully saturated rings. The van der Waals surface area contributed by atoms with Crippen molar-refractivity contribution in [3.63, 3.8) is 0 Å². The van der Waals surface area contributed by atoms with Gasteiger partial charge in [0, 0.05) is 20.3 Å². The summed E-state index contributed by atoms with van der Waals surface area (Å²) in [6.45, 7) is 10.1. The van der Waals surface area contributed by atoms with E-state index in [0.29, 0.717) is 11.3 Å². The molecule has 2 nitrogen and oxygen atoms in total. The second-order valence-electron chi connectivity index (χ2n) is 6.58. The lowest BCUT2D eigenvalue weighted by Gasteiger charge is -2.44. The van der Waals surface area contributed by atoms with Crippen LogP contribution in [0.2, 0.25) is 0 Å². The molecule has 0 aromatic rings. The molecule has 0 amide bonds. The number of hydrogen-bond acceptors (Lipinski definition) is 2. The van der Waals surface area contributed by atoms with Crippen LogP contribution in [-0.2, 0) is 4.74 Å². The number of rotatable bonds is 9. The zero-order valence-corrected chi connectivity index (χ0v) is 13.6. The van der Waals surface area contributed by atoms with Crippen molar-refractivity contribution in [1.82, 2.24) is 5.32 Å². The Morgan fingerprint density at radius 1 is 1.26 bits per heavy atom. The number of ether oxygens (including phenoxy) is 1. The van der Waals surface area contributed by atoms with E-state index in [1.807, 2.05) is 7.11 Å². The van der Waals surface area contributed by atoms with Crippen LogP contribution in [0.5, 0.6) is 0 Å². The Labute approximate surface area is 120 Å². The molecule has 1 rings (SSSR count). The number of hydrogen-bond donors (Lipinski definition) is 1. The Hall–Kier alpha value is -0.0800. The van der Waals surface area contributed by atoms with Crippen molar-refractivity contribution in [1.29, 1.82) is 0 Å². The van der Waals surface area contributed by atoms with Crippen LogP contribution in [0.3, 0.4) is 0 Å². The maximum atomic E-state index is 5.43. The highest BCUT2D eigenvalue weighted by atomic mass is 16.5. The van der Waals surface area contributed by atoms with Gasteiger partial charge in [0.2, 0.25) is 0 Å². The molecule has 2 heteroatoms. The first-order chi connectivity index (χ1) is 9.18. The first kappa shape index (κ1) is 17.0. The molecule has 0 aliphatic heterocycles. The van der Waals surface area contributed by atoms with E-state index in [1.54, 1.807) is 0 Å². The van der Waals surface area contributed by atoms with E-state index in [-0.39, 0.29) is 0 Å². The molecule has 0 spiro atoms. The van der Waals surface area contributed by atoms with Gasteiger partial charge in [-0.05, 0) is 49.5 Å². The minimum absolute atomic E-state index is 0.481. The largest absolute Gasteiger partial charge is 0.384 e. The maximum Gasteiger partial charge on any atom is 0.0493 e. The van der Waals surface area contributed by atoms with Gasteiger partial charge in [0.05, 0.1) is 0 Å². The Bertz CT molecular complexity index is 221. The first-order valence-electron chi connectivity index (χ1n) is 8.38. The summed E-state index contributed by atoms with van der Waals surface area (Å²) in [6, 6.07) is 0. The van der Waals surface area contributed by atoms with E-state index in [9.17, 15) is 0 Å². The Balaban J connectivity index is 2.53. The van der Waals surface area contributed by atoms with Crippen LogP contribution in [0, 0.1) is 17.3 Å². The fourth-order valence-corrected chi connectivity index (χ4v) is 3.68. The second-order valence-corrected chi connectivity index (χ2v) is 6.58. The highest BCUT2D eigenvalue weighted by molar-refractivity contribution is 4.91. The molecule has 1 aliphatic rings. The van der Waals surface area contributed by atoms with Gasteiger partial charge >= 0.3 is 0 Å². The summed E-state index contributed by atoms with van der Waals surface area (Å²) in [6.07, 6.45) is 9.85. The lowest BCUT2D eigenvalue weighted by molar-refractivity contribution is 0.0265. The third-order valence-electron chi connectivity index (χ3n) is 5.26. The fourth-order valence-electron chi connectivity index (χ4n) is 3.68. The van der Waals surface area contributed by atoms with Gasteiger partial charge in [0.15, 0.2) is 0 Å². The molecule has 1 N–H and O–H groups in total. The van der Waals surface area contributed by atoms with Crippen LogP contribution >= 0.6 is 0 Å². The summed E-state index contributed by atoms with van der Waals surface area (Å²) in [5.41, 5.74) is 0.481. The summed E-state index contributed by atoms with van der Waals surface area (Å²) < 4.78 is 5.43. The molecule has 0 heterocycles. The minimum atomic E-state index is 0.481. The molecule has 1 atom stereocenters. The molecular formula is C17H35NO. The topological polar surface area (TPSA) is 21.3 Å². The monoisotopic (exact) mass is 269 g/mol. The molecule has 19 heavy (non-hydrogen) atoms. The van der Waals surface area contributed by atoms with Crippen LogP contribution in [0.1, 0.15) is 65.7 Å². The zero-order valence-electron chi connectivity index (χ0n) is 13.6. The third kappa shape index (κ3) is 5.07. The molecule has 0 aromatic carbocycles. The van der Waals surface area contributed by atoms with Crippen molar-refractivity contribution < 1.29 is 4.74 Å². The standard InChI is InChI=1S/C17H35NO/c1-5-7-8-16-9-11-17(12-10-16,14-18-6-2)15(3)13-19-4/h15-16,18H,5-14H2,1-4H3. The lowest BCUT2D eigenvalue weighted by Crippen LogP contribution is -2.43. The SMILES string of the molecule is CCCCC1CCC(CNCC)(C(C)COC)CC1. The third-order valence-corrected chi connectivity index (χ3v) is 5.26. The fraction of sp³-hybridized carbons (Fsp3) is 1.00. The predicted octanol–water partition coefficient (Wildman–Crippen LogP) is 4.25. The minimum Gasteiger partial charge on any atom is -0.384 e. The summed E-state index contributed by atoms with van der Waals surface area (Å²) in [4.78, 5) is 0. The van der Waals surface area contributed by atoms with Crippen molar-refractivity contribution in [3.8, 4) is 0 Å². The maximum absolute atomic E-state index is 5.43. The van der Waals surface area contributed by atoms with Crippen LogP contribution in [-0.4, -0.2) is 26.8 Å². The molecule has 1 unspecified atom stereocenters. The van der Waals surface area contributed by atoms with Crippen molar-refractivity contribution >= 4 is 0 Å². The summed E-state index contributed by atoms with van der Waals surface area (Å²) in [5.74, 6) is 1.66. The molecule has 0 radical (unpaired) electrons. The van der Waals surface area contributed by atoms with Gasteiger partial charge in [-0.2, -0.15) is 0 Å². The van der Waals surface area contributed by atoms with E-state index < -0.39 is 0 Å². The van der Waals surface area contributed by atoms with E-state index in [2.05, 4.69) is 26.1 Å². The average molecular weight is 269 g/mol. The molecule has 1 aliphatic carbocycles. The second kappa shape index (κ2) is 8.97. The van der Waals surface area contributed by atoms with Crippen molar-refractivity contribution in [3.05, 3.63) is 0 Å². The summed E-state index contributed by atoms with van der Waals surface area (Å²) in [7, 11) is 1.84. The molecule has 0 aromatic heterocycles. The van der Waals surface area contributed by atoms with E-state index in [0.717, 1.165) is 19.1 Å². The highest BCUT2D eigenvalue weighted by Gasteiger charge is 2.39. The molecule has 114 valence electrons. The van der Waals surface area contributed by atoms with Gasteiger partial charge < -0.3 is 10.1 Å². The predicted molar refractivity (Wildman–Crippen MR) is 83.5 cm³/mol. The number of nitrogens with one attached hydrogen (secondary N) is 1. The van der Waals surface area contributed by atoms with Crippen LogP contribution in [0.25, 0.3) is 0 Å². The van der Waals surface area contributed by atoms with Gasteiger partial charge in [-0.3, -0.25) is 0 Å². The summed E-state index contributed by atoms with van der Waals surface area (Å²) in [5, 5.41) is 3.60. The van der Waals surface area contributed by atoms with Gasteiger partial charge in [-0.1, -0.05) is 40.0 Å². The van der Waals surface area contributed by atoms with Gasteiger partial charge in [0.1, 0.15) is 0 Å². The molecule has 0 saturated heterocycles. The van der Waals surface area contributed by atoms with Gasteiger partial charge in [-0.25, -0.2) is 0 Å². The van der Waals surface area contributed by atoms with Crippen LogP contribution in [0.15, 0.2) is 0 Å². The van der Waals surface area contributed by atoms with Crippen molar-refractivity contribution in [2.45, 2.75) is 65.7 Å².